The van der Waals surface area contributed by atoms with Crippen LogP contribution >= 0.6 is 11.8 Å². The van der Waals surface area contributed by atoms with Gasteiger partial charge in [0.1, 0.15) is 0 Å². The van der Waals surface area contributed by atoms with Crippen molar-refractivity contribution in [2.45, 2.75) is 18.0 Å². The molecular weight excluding hydrogens is 198 g/mol. The van der Waals surface area contributed by atoms with Crippen molar-refractivity contribution < 1.29 is 0 Å². The van der Waals surface area contributed by atoms with E-state index in [1.54, 1.807) is 16.4 Å². The van der Waals surface area contributed by atoms with Crippen LogP contribution in [0, 0.1) is 5.92 Å². The third-order valence-electron chi connectivity index (χ3n) is 2.22. The molecule has 1 aromatic heterocycles. The Balaban J connectivity index is 1.56. The van der Waals surface area contributed by atoms with Crippen LogP contribution in [0.4, 0.5) is 0 Å². The van der Waals surface area contributed by atoms with Gasteiger partial charge in [-0.2, -0.15) is 0 Å². The van der Waals surface area contributed by atoms with Crippen LogP contribution in [-0.4, -0.2) is 39.0 Å². The van der Waals surface area contributed by atoms with Crippen LogP contribution in [0.3, 0.4) is 0 Å². The van der Waals surface area contributed by atoms with E-state index in [2.05, 4.69) is 20.8 Å². The highest BCUT2D eigenvalue weighted by molar-refractivity contribution is 7.99. The predicted octanol–water partition coefficient (Wildman–Crippen LogP) is 0.302. The minimum absolute atomic E-state index is 0.887. The molecule has 0 saturated heterocycles. The molecule has 1 aliphatic rings. The molecule has 14 heavy (non-hydrogen) atoms. The summed E-state index contributed by atoms with van der Waals surface area (Å²) in [5, 5.41) is 15.6. The lowest BCUT2D eigenvalue weighted by atomic mass is 10.4. The summed E-state index contributed by atoms with van der Waals surface area (Å²) in [5.41, 5.74) is 0. The van der Waals surface area contributed by atoms with Gasteiger partial charge < -0.3 is 5.32 Å². The molecule has 2 rings (SSSR count). The SMILES string of the molecule is Cn1nnnc1SCCNCC1CC1. The van der Waals surface area contributed by atoms with Crippen LogP contribution in [0.1, 0.15) is 12.8 Å². The maximum atomic E-state index is 3.90. The van der Waals surface area contributed by atoms with Gasteiger partial charge in [-0.15, -0.1) is 5.10 Å². The molecule has 0 aliphatic heterocycles. The van der Waals surface area contributed by atoms with E-state index in [4.69, 9.17) is 0 Å². The van der Waals surface area contributed by atoms with E-state index in [1.165, 1.54) is 19.4 Å². The largest absolute Gasteiger partial charge is 0.316 e. The lowest BCUT2D eigenvalue weighted by Crippen LogP contribution is -2.19. The van der Waals surface area contributed by atoms with Crippen molar-refractivity contribution in [1.29, 1.82) is 0 Å². The van der Waals surface area contributed by atoms with Crippen LogP contribution in [0.2, 0.25) is 0 Å². The van der Waals surface area contributed by atoms with Gasteiger partial charge in [0.2, 0.25) is 5.16 Å². The molecule has 1 heterocycles. The molecule has 0 atom stereocenters. The summed E-state index contributed by atoms with van der Waals surface area (Å²) in [6.45, 7) is 2.21. The van der Waals surface area contributed by atoms with Crippen LogP contribution in [0.5, 0.6) is 0 Å². The van der Waals surface area contributed by atoms with E-state index in [9.17, 15) is 0 Å². The number of rotatable bonds is 6. The first-order valence-corrected chi connectivity index (χ1v) is 5.90. The number of hydrogen-bond donors (Lipinski definition) is 1. The number of nitrogens with zero attached hydrogens (tertiary/aromatic N) is 4. The monoisotopic (exact) mass is 213 g/mol. The second-order valence-corrected chi connectivity index (χ2v) is 4.64. The topological polar surface area (TPSA) is 55.6 Å². The van der Waals surface area contributed by atoms with Gasteiger partial charge in [-0.25, -0.2) is 4.68 Å². The van der Waals surface area contributed by atoms with Crippen molar-refractivity contribution in [3.63, 3.8) is 0 Å². The van der Waals surface area contributed by atoms with E-state index in [1.807, 2.05) is 7.05 Å². The lowest BCUT2D eigenvalue weighted by Gasteiger charge is -2.01. The average molecular weight is 213 g/mol. The third-order valence-corrected chi connectivity index (χ3v) is 3.23. The molecule has 0 spiro atoms. The average Bonchev–Trinajstić information content (AvgIpc) is 2.91. The van der Waals surface area contributed by atoms with E-state index in [-0.39, 0.29) is 0 Å². The number of thioether (sulfide) groups is 1. The van der Waals surface area contributed by atoms with Gasteiger partial charge in [-0.3, -0.25) is 0 Å². The Labute approximate surface area is 87.6 Å². The normalized spacial score (nSPS) is 16.1. The van der Waals surface area contributed by atoms with Gasteiger partial charge in [0.15, 0.2) is 0 Å². The standard InChI is InChI=1S/C8H15N5S/c1-13-8(10-11-12-13)14-5-4-9-6-7-2-3-7/h7,9H,2-6H2,1H3. The molecule has 0 aromatic carbocycles. The molecule has 1 N–H and O–H groups in total. The number of tetrazole rings is 1. The van der Waals surface area contributed by atoms with E-state index < -0.39 is 0 Å². The molecule has 1 fully saturated rings. The van der Waals surface area contributed by atoms with Gasteiger partial charge >= 0.3 is 0 Å². The second kappa shape index (κ2) is 4.75. The van der Waals surface area contributed by atoms with Crippen molar-refractivity contribution >= 4 is 11.8 Å². The van der Waals surface area contributed by atoms with Crippen LogP contribution in [0.15, 0.2) is 5.16 Å². The predicted molar refractivity (Wildman–Crippen MR) is 55.1 cm³/mol. The molecule has 0 unspecified atom stereocenters. The number of nitrogens with one attached hydrogen (secondary N) is 1. The first-order chi connectivity index (χ1) is 6.86. The van der Waals surface area contributed by atoms with Crippen LogP contribution in [0.25, 0.3) is 0 Å². The Morgan fingerprint density at radius 3 is 3.07 bits per heavy atom. The lowest BCUT2D eigenvalue weighted by molar-refractivity contribution is 0.657. The fourth-order valence-corrected chi connectivity index (χ4v) is 1.93. The van der Waals surface area contributed by atoms with Gasteiger partial charge in [0.05, 0.1) is 0 Å². The van der Waals surface area contributed by atoms with Gasteiger partial charge in [0, 0.05) is 19.3 Å². The molecule has 5 nitrogen and oxygen atoms in total. The van der Waals surface area contributed by atoms with Crippen molar-refractivity contribution in [3.05, 3.63) is 0 Å². The molecule has 0 bridgehead atoms. The molecule has 1 saturated carbocycles. The summed E-state index contributed by atoms with van der Waals surface area (Å²) in [6.07, 6.45) is 2.82. The van der Waals surface area contributed by atoms with Gasteiger partial charge in [-0.05, 0) is 35.7 Å². The number of hydrogen-bond acceptors (Lipinski definition) is 5. The molecule has 0 radical (unpaired) electrons. The molecule has 1 aliphatic carbocycles. The zero-order valence-electron chi connectivity index (χ0n) is 8.31. The second-order valence-electron chi connectivity index (χ2n) is 3.58. The molecular formula is C8H15N5S. The maximum absolute atomic E-state index is 3.90. The van der Waals surface area contributed by atoms with E-state index in [0.29, 0.717) is 0 Å². The summed E-state index contributed by atoms with van der Waals surface area (Å²) >= 11 is 1.69. The molecule has 1 aromatic rings. The maximum Gasteiger partial charge on any atom is 0.209 e. The minimum atomic E-state index is 0.887. The Morgan fingerprint density at radius 2 is 2.43 bits per heavy atom. The molecule has 78 valence electrons. The Bertz CT molecular complexity index is 283. The quantitative estimate of drug-likeness (QED) is 0.544. The molecule has 6 heteroatoms. The minimum Gasteiger partial charge on any atom is -0.316 e. The van der Waals surface area contributed by atoms with Crippen molar-refractivity contribution in [3.8, 4) is 0 Å². The zero-order chi connectivity index (χ0) is 9.80. The number of aryl methyl sites for hydroxylation is 1. The summed E-state index contributed by atoms with van der Waals surface area (Å²) in [5.74, 6) is 1.98. The summed E-state index contributed by atoms with van der Waals surface area (Å²) in [6, 6.07) is 0. The first-order valence-electron chi connectivity index (χ1n) is 4.92. The Hall–Kier alpha value is -0.620. The highest BCUT2D eigenvalue weighted by Gasteiger charge is 2.19. The highest BCUT2D eigenvalue weighted by Crippen LogP contribution is 2.27. The summed E-state index contributed by atoms with van der Waals surface area (Å²) in [4.78, 5) is 0. The van der Waals surface area contributed by atoms with E-state index >= 15 is 0 Å². The smallest absolute Gasteiger partial charge is 0.209 e. The summed E-state index contributed by atoms with van der Waals surface area (Å²) in [7, 11) is 1.86. The van der Waals surface area contributed by atoms with Crippen molar-refractivity contribution in [1.82, 2.24) is 25.5 Å². The van der Waals surface area contributed by atoms with Gasteiger partial charge in [-0.1, -0.05) is 11.8 Å². The summed E-state index contributed by atoms with van der Waals surface area (Å²) < 4.78 is 1.70. The Kier molecular flexibility index (Phi) is 3.36. The van der Waals surface area contributed by atoms with Crippen molar-refractivity contribution in [2.24, 2.45) is 13.0 Å². The molecule has 0 amide bonds. The number of aromatic nitrogens is 4. The van der Waals surface area contributed by atoms with E-state index in [0.717, 1.165) is 23.4 Å². The fourth-order valence-electron chi connectivity index (χ4n) is 1.19. The van der Waals surface area contributed by atoms with Crippen molar-refractivity contribution in [2.75, 3.05) is 18.8 Å². The fraction of sp³-hybridized carbons (Fsp3) is 0.875. The third kappa shape index (κ3) is 2.95. The first kappa shape index (κ1) is 9.92. The zero-order valence-corrected chi connectivity index (χ0v) is 9.13. The van der Waals surface area contributed by atoms with Gasteiger partial charge in [0.25, 0.3) is 0 Å². The van der Waals surface area contributed by atoms with Crippen LogP contribution in [-0.2, 0) is 7.05 Å². The van der Waals surface area contributed by atoms with Crippen LogP contribution < -0.4 is 5.32 Å². The highest BCUT2D eigenvalue weighted by atomic mass is 32.2. The Morgan fingerprint density at radius 1 is 1.57 bits per heavy atom.